The van der Waals surface area contributed by atoms with Crippen molar-refractivity contribution in [2.75, 3.05) is 4.90 Å². The molecule has 0 atom stereocenters. The third-order valence-electron chi connectivity index (χ3n) is 4.36. The molecule has 0 aliphatic heterocycles. The molecule has 2 aromatic carbocycles. The van der Waals surface area contributed by atoms with E-state index in [4.69, 9.17) is 4.42 Å². The summed E-state index contributed by atoms with van der Waals surface area (Å²) in [6.45, 7) is 4.71. The van der Waals surface area contributed by atoms with Crippen molar-refractivity contribution in [3.05, 3.63) is 78.3 Å². The number of carbonyl (C=O) groups is 1. The van der Waals surface area contributed by atoms with Crippen molar-refractivity contribution in [3.8, 4) is 0 Å². The lowest BCUT2D eigenvalue weighted by Crippen LogP contribution is -2.31. The van der Waals surface area contributed by atoms with E-state index in [0.717, 1.165) is 21.5 Å². The number of nitrogens with zero attached hydrogens (tertiary/aromatic N) is 2. The molecule has 4 rings (SSSR count). The van der Waals surface area contributed by atoms with E-state index in [-0.39, 0.29) is 5.91 Å². The number of thiazole rings is 1. The summed E-state index contributed by atoms with van der Waals surface area (Å²) in [5.41, 5.74) is 1.90. The first-order valence-corrected chi connectivity index (χ1v) is 11.2. The summed E-state index contributed by atoms with van der Waals surface area (Å²) >= 11 is 3.34. The van der Waals surface area contributed by atoms with Crippen molar-refractivity contribution in [3.63, 3.8) is 0 Å². The van der Waals surface area contributed by atoms with Crippen LogP contribution in [0.25, 0.3) is 10.2 Å². The first-order chi connectivity index (χ1) is 14.1. The van der Waals surface area contributed by atoms with E-state index in [9.17, 15) is 4.79 Å². The summed E-state index contributed by atoms with van der Waals surface area (Å²) in [6.07, 6.45) is 1.95. The van der Waals surface area contributed by atoms with Gasteiger partial charge in [0.2, 0.25) is 5.91 Å². The molecule has 4 nitrogen and oxygen atoms in total. The lowest BCUT2D eigenvalue weighted by atomic mass is 10.1. The number of amides is 1. The zero-order valence-electron chi connectivity index (χ0n) is 16.4. The van der Waals surface area contributed by atoms with Gasteiger partial charge < -0.3 is 4.42 Å². The third kappa shape index (κ3) is 4.89. The van der Waals surface area contributed by atoms with Gasteiger partial charge in [-0.1, -0.05) is 49.4 Å². The number of carbonyl (C=O) groups excluding carboxylic acids is 1. The molecule has 0 spiro atoms. The summed E-state index contributed by atoms with van der Waals surface area (Å²) in [7, 11) is 0. The second-order valence-electron chi connectivity index (χ2n) is 7.01. The highest BCUT2D eigenvalue weighted by Crippen LogP contribution is 2.30. The minimum Gasteiger partial charge on any atom is -0.467 e. The van der Waals surface area contributed by atoms with Crippen molar-refractivity contribution < 1.29 is 9.21 Å². The van der Waals surface area contributed by atoms with Gasteiger partial charge in [0.05, 0.1) is 29.4 Å². The Hall–Kier alpha value is -2.57. The predicted octanol–water partition coefficient (Wildman–Crippen LogP) is 6.17. The van der Waals surface area contributed by atoms with Crippen LogP contribution in [0.4, 0.5) is 5.13 Å². The van der Waals surface area contributed by atoms with Crippen LogP contribution in [0.15, 0.2) is 76.2 Å². The van der Waals surface area contributed by atoms with Crippen LogP contribution in [0.5, 0.6) is 0 Å². The number of hydrogen-bond acceptors (Lipinski definition) is 5. The summed E-state index contributed by atoms with van der Waals surface area (Å²) in [4.78, 5) is 20.8. The van der Waals surface area contributed by atoms with Crippen molar-refractivity contribution in [1.29, 1.82) is 0 Å². The first-order valence-electron chi connectivity index (χ1n) is 9.52. The molecule has 2 heterocycles. The smallest absolute Gasteiger partial charge is 0.233 e. The van der Waals surface area contributed by atoms with Gasteiger partial charge in [-0.25, -0.2) is 4.98 Å². The zero-order chi connectivity index (χ0) is 20.2. The monoisotopic (exact) mass is 422 g/mol. The van der Waals surface area contributed by atoms with Crippen LogP contribution in [0, 0.1) is 0 Å². The number of furan rings is 1. The largest absolute Gasteiger partial charge is 0.467 e. The molecule has 0 aliphatic rings. The quantitative estimate of drug-likeness (QED) is 0.334. The van der Waals surface area contributed by atoms with Crippen LogP contribution in [0.2, 0.25) is 0 Å². The standard InChI is InChI=1S/C23H22N2O2S2/c1-16(2)28-19-11-9-17(10-12-19)14-22(26)25(15-18-6-5-13-27-18)23-24-20-7-3-4-8-21(20)29-23/h3-13,16H,14-15H2,1-2H3. The van der Waals surface area contributed by atoms with Gasteiger partial charge in [0, 0.05) is 10.1 Å². The van der Waals surface area contributed by atoms with E-state index in [1.165, 1.54) is 16.2 Å². The SMILES string of the molecule is CC(C)Sc1ccc(CC(=O)N(Cc2ccco2)c2nc3ccccc3s2)cc1. The Labute approximate surface area is 178 Å². The van der Waals surface area contributed by atoms with Gasteiger partial charge in [0.25, 0.3) is 0 Å². The van der Waals surface area contributed by atoms with Gasteiger partial charge in [-0.2, -0.15) is 0 Å². The van der Waals surface area contributed by atoms with Gasteiger partial charge in [0.15, 0.2) is 5.13 Å². The Kier molecular flexibility index (Phi) is 6.02. The molecule has 6 heteroatoms. The van der Waals surface area contributed by atoms with Crippen LogP contribution in [-0.4, -0.2) is 16.1 Å². The van der Waals surface area contributed by atoms with Crippen LogP contribution >= 0.6 is 23.1 Å². The lowest BCUT2D eigenvalue weighted by Gasteiger charge is -2.19. The molecule has 4 aromatic rings. The maximum atomic E-state index is 13.2. The van der Waals surface area contributed by atoms with E-state index >= 15 is 0 Å². The average Bonchev–Trinajstić information content (AvgIpc) is 3.36. The van der Waals surface area contributed by atoms with E-state index in [1.54, 1.807) is 11.2 Å². The van der Waals surface area contributed by atoms with E-state index in [0.29, 0.717) is 23.3 Å². The van der Waals surface area contributed by atoms with Crippen molar-refractivity contribution >= 4 is 44.4 Å². The average molecular weight is 423 g/mol. The van der Waals surface area contributed by atoms with Crippen molar-refractivity contribution in [1.82, 2.24) is 4.98 Å². The number of para-hydroxylation sites is 1. The Morgan fingerprint density at radius 3 is 2.59 bits per heavy atom. The first kappa shape index (κ1) is 19.7. The lowest BCUT2D eigenvalue weighted by molar-refractivity contribution is -0.118. The fourth-order valence-corrected chi connectivity index (χ4v) is 4.84. The molecule has 29 heavy (non-hydrogen) atoms. The molecule has 2 aromatic heterocycles. The topological polar surface area (TPSA) is 46.3 Å². The summed E-state index contributed by atoms with van der Waals surface area (Å²) < 4.78 is 6.56. The minimum atomic E-state index is 0.00437. The fourth-order valence-electron chi connectivity index (χ4n) is 3.02. The van der Waals surface area contributed by atoms with Gasteiger partial charge in [-0.3, -0.25) is 9.69 Å². The summed E-state index contributed by atoms with van der Waals surface area (Å²) in [5, 5.41) is 1.23. The summed E-state index contributed by atoms with van der Waals surface area (Å²) in [5.74, 6) is 0.742. The van der Waals surface area contributed by atoms with Crippen LogP contribution in [0.3, 0.4) is 0 Å². The molecule has 0 unspecified atom stereocenters. The number of fused-ring (bicyclic) bond motifs is 1. The molecule has 0 saturated heterocycles. The maximum Gasteiger partial charge on any atom is 0.233 e. The number of anilines is 1. The Morgan fingerprint density at radius 1 is 1.10 bits per heavy atom. The van der Waals surface area contributed by atoms with Crippen molar-refractivity contribution in [2.45, 2.75) is 37.0 Å². The van der Waals surface area contributed by atoms with E-state index in [1.807, 2.05) is 60.3 Å². The van der Waals surface area contributed by atoms with Crippen LogP contribution in [0.1, 0.15) is 25.2 Å². The molecular weight excluding hydrogens is 400 g/mol. The van der Waals surface area contributed by atoms with E-state index in [2.05, 4.69) is 31.0 Å². The number of rotatable bonds is 7. The number of benzene rings is 2. The molecular formula is C23H22N2O2S2. The second-order valence-corrected chi connectivity index (χ2v) is 9.67. The normalized spacial score (nSPS) is 11.3. The van der Waals surface area contributed by atoms with Gasteiger partial charge >= 0.3 is 0 Å². The van der Waals surface area contributed by atoms with Crippen LogP contribution in [-0.2, 0) is 17.8 Å². The maximum absolute atomic E-state index is 13.2. The van der Waals surface area contributed by atoms with Gasteiger partial charge in [0.1, 0.15) is 5.76 Å². The Morgan fingerprint density at radius 2 is 1.90 bits per heavy atom. The number of aromatic nitrogens is 1. The highest BCUT2D eigenvalue weighted by atomic mass is 32.2. The zero-order valence-corrected chi connectivity index (χ0v) is 18.0. The van der Waals surface area contributed by atoms with Crippen LogP contribution < -0.4 is 4.90 Å². The summed E-state index contributed by atoms with van der Waals surface area (Å²) in [6, 6.07) is 19.9. The molecule has 0 saturated carbocycles. The molecule has 0 fully saturated rings. The van der Waals surface area contributed by atoms with Gasteiger partial charge in [-0.05, 0) is 42.0 Å². The minimum absolute atomic E-state index is 0.00437. The highest BCUT2D eigenvalue weighted by molar-refractivity contribution is 7.99. The van der Waals surface area contributed by atoms with Crippen molar-refractivity contribution in [2.24, 2.45) is 0 Å². The Balaban J connectivity index is 1.57. The van der Waals surface area contributed by atoms with E-state index < -0.39 is 0 Å². The second kappa shape index (κ2) is 8.84. The number of thioether (sulfide) groups is 1. The molecule has 1 amide bonds. The third-order valence-corrected chi connectivity index (χ3v) is 6.43. The molecule has 0 radical (unpaired) electrons. The predicted molar refractivity (Wildman–Crippen MR) is 121 cm³/mol. The number of hydrogen-bond donors (Lipinski definition) is 0. The molecule has 0 N–H and O–H groups in total. The molecule has 0 aliphatic carbocycles. The van der Waals surface area contributed by atoms with Gasteiger partial charge in [-0.15, -0.1) is 11.8 Å². The molecule has 148 valence electrons. The highest BCUT2D eigenvalue weighted by Gasteiger charge is 2.21. The fraction of sp³-hybridized carbons (Fsp3) is 0.217. The Bertz CT molecular complexity index is 1050. The molecule has 0 bridgehead atoms.